The van der Waals surface area contributed by atoms with E-state index in [0.29, 0.717) is 30.3 Å². The van der Waals surface area contributed by atoms with Crippen LogP contribution in [0.4, 0.5) is 18.4 Å². The molecule has 16 heteroatoms. The van der Waals surface area contributed by atoms with Crippen molar-refractivity contribution in [2.45, 2.75) is 109 Å². The van der Waals surface area contributed by atoms with E-state index in [1.54, 1.807) is 62.0 Å². The maximum atomic E-state index is 14.8. The maximum Gasteiger partial charge on any atom is 0.411 e. The molecule has 7 atom stereocenters. The highest BCUT2D eigenvalue weighted by atomic mass is 19.1. The van der Waals surface area contributed by atoms with Crippen LogP contribution in [-0.4, -0.2) is 112 Å². The molecule has 63 heavy (non-hydrogen) atoms. The van der Waals surface area contributed by atoms with Crippen LogP contribution in [-0.2, 0) is 18.9 Å². The molecule has 2 aromatic carbocycles. The Kier molecular flexibility index (Phi) is 10.8. The maximum absolute atomic E-state index is 14.8. The van der Waals surface area contributed by atoms with Gasteiger partial charge in [0.25, 0.3) is 0 Å². The molecule has 6 heterocycles. The van der Waals surface area contributed by atoms with Crippen molar-refractivity contribution in [1.29, 1.82) is 0 Å². The number of likely N-dealkylation sites (tertiary alicyclic amines) is 2. The lowest BCUT2D eigenvalue weighted by atomic mass is 9.94. The van der Waals surface area contributed by atoms with Gasteiger partial charge in [-0.1, -0.05) is 12.1 Å². The number of amides is 2. The molecule has 334 valence electrons. The number of carbonyl (C=O) groups excluding carboxylic acids is 2. The topological polar surface area (TPSA) is 145 Å². The second-order valence-electron chi connectivity index (χ2n) is 18.9. The number of aromatic nitrogens is 3. The van der Waals surface area contributed by atoms with Crippen LogP contribution in [0.3, 0.4) is 0 Å². The fourth-order valence-corrected chi connectivity index (χ4v) is 9.30. The number of H-pyrrole nitrogens is 1. The van der Waals surface area contributed by atoms with Crippen LogP contribution in [0.5, 0.6) is 5.75 Å². The van der Waals surface area contributed by atoms with Gasteiger partial charge < -0.3 is 33.2 Å². The average molecular weight is 868 g/mol. The quantitative estimate of drug-likeness (QED) is 0.186. The van der Waals surface area contributed by atoms with Crippen LogP contribution in [0.1, 0.15) is 84.5 Å². The van der Waals surface area contributed by atoms with Gasteiger partial charge in [-0.15, -0.1) is 0 Å². The molecule has 1 aliphatic carbocycles. The molecular formula is C47H55F2N7O7. The van der Waals surface area contributed by atoms with E-state index in [0.717, 1.165) is 50.5 Å². The number of methoxy groups -OCH3 is 2. The molecule has 2 amide bonds. The van der Waals surface area contributed by atoms with Crippen LogP contribution in [0.15, 0.2) is 77.3 Å². The van der Waals surface area contributed by atoms with E-state index >= 15 is 0 Å². The summed E-state index contributed by atoms with van der Waals surface area (Å²) in [5, 5.41) is 4.37. The third-order valence-corrected chi connectivity index (χ3v) is 12.1. The van der Waals surface area contributed by atoms with E-state index in [9.17, 15) is 18.4 Å². The number of fused-ring (bicyclic) bond motifs is 5. The zero-order valence-corrected chi connectivity index (χ0v) is 36.9. The Morgan fingerprint density at radius 2 is 1.59 bits per heavy atom. The second-order valence-corrected chi connectivity index (χ2v) is 18.9. The number of alkyl halides is 2. The van der Waals surface area contributed by atoms with E-state index in [-0.39, 0.29) is 31.8 Å². The van der Waals surface area contributed by atoms with E-state index in [1.165, 1.54) is 9.80 Å². The summed E-state index contributed by atoms with van der Waals surface area (Å²) >= 11 is 0. The smallest absolute Gasteiger partial charge is 0.411 e. The molecule has 2 fully saturated rings. The van der Waals surface area contributed by atoms with E-state index < -0.39 is 60.2 Å². The number of aromatic amines is 1. The molecule has 2 saturated heterocycles. The summed E-state index contributed by atoms with van der Waals surface area (Å²) < 4.78 is 61.5. The standard InChI is InChI=1S/C47H55F2N7O7/c1-46(2,3)62-44(57)54-23-29(48)18-38(54)41-50-21-34(52-41)25-10-12-36-27(13-25)16-37-33-11-9-26(17-40(33)61-43(56(36)37)28-14-31(59-7)20-32(15-28)60-8)35-22-51-42(53-35)39-19-30(49)24-55(39)45(58)63-47(4,5)6/h9-14,16-17,20-21,28-30,38-39,42-43,51H,15,18-19,22-24H2,1-8H3,(H,50,52). The molecule has 0 bridgehead atoms. The number of hydrogen-bond donors (Lipinski definition) is 2. The fraction of sp³-hybridized carbons (Fsp3) is 0.489. The lowest BCUT2D eigenvalue weighted by molar-refractivity contribution is 0.0190. The van der Waals surface area contributed by atoms with Gasteiger partial charge in [-0.3, -0.25) is 20.1 Å². The minimum absolute atomic E-state index is 0.0363. The predicted molar refractivity (Wildman–Crippen MR) is 233 cm³/mol. The van der Waals surface area contributed by atoms with E-state index in [1.807, 2.05) is 30.3 Å². The summed E-state index contributed by atoms with van der Waals surface area (Å²) in [6, 6.07) is 13.3. The van der Waals surface area contributed by atoms with Crippen LogP contribution < -0.4 is 10.1 Å². The molecule has 0 radical (unpaired) electrons. The zero-order valence-electron chi connectivity index (χ0n) is 36.9. The lowest BCUT2D eigenvalue weighted by Crippen LogP contribution is -2.48. The summed E-state index contributed by atoms with van der Waals surface area (Å²) in [4.78, 5) is 42.0. The monoisotopic (exact) mass is 867 g/mol. The predicted octanol–water partition coefficient (Wildman–Crippen LogP) is 8.76. The molecule has 2 aromatic heterocycles. The molecule has 5 aliphatic rings. The molecule has 0 spiro atoms. The molecule has 0 saturated carbocycles. The molecule has 7 unspecified atom stereocenters. The normalized spacial score (nSPS) is 25.8. The van der Waals surface area contributed by atoms with Crippen molar-refractivity contribution in [2.24, 2.45) is 10.9 Å². The number of nitrogens with one attached hydrogen (secondary N) is 2. The van der Waals surface area contributed by atoms with Gasteiger partial charge in [0.1, 0.15) is 47.0 Å². The average Bonchev–Trinajstić information content (AvgIpc) is 4.08. The number of aliphatic imine (C=N–C) groups is 1. The third kappa shape index (κ3) is 8.37. The van der Waals surface area contributed by atoms with E-state index in [2.05, 4.69) is 44.1 Å². The zero-order chi connectivity index (χ0) is 44.5. The van der Waals surface area contributed by atoms with Gasteiger partial charge in [-0.2, -0.15) is 0 Å². The van der Waals surface area contributed by atoms with Crippen molar-refractivity contribution in [3.05, 3.63) is 83.7 Å². The number of allylic oxidation sites excluding steroid dienone is 2. The number of benzene rings is 2. The summed E-state index contributed by atoms with van der Waals surface area (Å²) in [7, 11) is 3.28. The second kappa shape index (κ2) is 16.0. The summed E-state index contributed by atoms with van der Waals surface area (Å²) in [5.41, 5.74) is 4.60. The minimum atomic E-state index is -1.19. The van der Waals surface area contributed by atoms with Crippen molar-refractivity contribution in [3.63, 3.8) is 0 Å². The molecule has 2 N–H and O–H groups in total. The first-order valence-electron chi connectivity index (χ1n) is 21.5. The summed E-state index contributed by atoms with van der Waals surface area (Å²) in [6.45, 7) is 11.1. The molecule has 4 aromatic rings. The first-order chi connectivity index (χ1) is 29.9. The number of rotatable bonds is 7. The number of hydrogen-bond acceptors (Lipinski definition) is 10. The highest BCUT2D eigenvalue weighted by molar-refractivity contribution is 6.04. The Morgan fingerprint density at radius 1 is 0.873 bits per heavy atom. The highest BCUT2D eigenvalue weighted by Gasteiger charge is 2.44. The van der Waals surface area contributed by atoms with Gasteiger partial charge in [0, 0.05) is 59.9 Å². The van der Waals surface area contributed by atoms with Crippen LogP contribution in [0, 0.1) is 5.92 Å². The number of ether oxygens (including phenoxy) is 5. The highest BCUT2D eigenvalue weighted by Crippen LogP contribution is 2.47. The Balaban J connectivity index is 1.05. The number of halogens is 2. The number of imidazole rings is 1. The lowest BCUT2D eigenvalue weighted by Gasteiger charge is -2.35. The fourth-order valence-electron chi connectivity index (χ4n) is 9.30. The minimum Gasteiger partial charge on any atom is -0.501 e. The Hall–Kier alpha value is -5.90. The van der Waals surface area contributed by atoms with Crippen molar-refractivity contribution in [2.75, 3.05) is 33.9 Å². The first-order valence-corrected chi connectivity index (χ1v) is 21.5. The van der Waals surface area contributed by atoms with Gasteiger partial charge in [0.05, 0.1) is 74.0 Å². The van der Waals surface area contributed by atoms with Gasteiger partial charge in [0.15, 0.2) is 6.23 Å². The SMILES string of the molecule is COC1=CC(C2Oc3cc(C4=NC(C5CC(F)CN5C(=O)OC(C)(C)C)NC4)ccc3-c3cc4cc(-c5cnc(C6CC(F)CN6C(=O)OC(C)(C)C)[nH]5)ccc4n32)CC(OC)=C1. The van der Waals surface area contributed by atoms with Crippen LogP contribution >= 0.6 is 0 Å². The Labute approximate surface area is 365 Å². The van der Waals surface area contributed by atoms with Crippen molar-refractivity contribution < 1.29 is 42.1 Å². The van der Waals surface area contributed by atoms with Crippen molar-refractivity contribution in [1.82, 2.24) is 29.7 Å². The van der Waals surface area contributed by atoms with Crippen LogP contribution in [0.25, 0.3) is 33.4 Å². The van der Waals surface area contributed by atoms with Gasteiger partial charge in [-0.05, 0) is 78.0 Å². The largest absolute Gasteiger partial charge is 0.501 e. The number of nitrogens with zero attached hydrogens (tertiary/aromatic N) is 5. The summed E-state index contributed by atoms with van der Waals surface area (Å²) in [5.74, 6) is 2.44. The Bertz CT molecular complexity index is 2530. The van der Waals surface area contributed by atoms with Crippen molar-refractivity contribution >= 4 is 28.8 Å². The molecular weight excluding hydrogens is 813 g/mol. The Morgan fingerprint density at radius 3 is 2.32 bits per heavy atom. The molecule has 9 rings (SSSR count). The van der Waals surface area contributed by atoms with Crippen LogP contribution in [0.2, 0.25) is 0 Å². The molecule has 14 nitrogen and oxygen atoms in total. The first kappa shape index (κ1) is 42.4. The third-order valence-electron chi connectivity index (χ3n) is 12.1. The van der Waals surface area contributed by atoms with Crippen molar-refractivity contribution in [3.8, 4) is 28.3 Å². The molecule has 4 aliphatic heterocycles. The van der Waals surface area contributed by atoms with Gasteiger partial charge in [0.2, 0.25) is 0 Å². The summed E-state index contributed by atoms with van der Waals surface area (Å²) in [6.07, 6.45) is 2.05. The van der Waals surface area contributed by atoms with Gasteiger partial charge in [-0.25, -0.2) is 23.4 Å². The number of carbonyl (C=O) groups is 2. The van der Waals surface area contributed by atoms with Gasteiger partial charge >= 0.3 is 12.2 Å². The van der Waals surface area contributed by atoms with E-state index in [4.69, 9.17) is 28.7 Å².